The molecule has 0 saturated carbocycles. The molecule has 33 heavy (non-hydrogen) atoms. The molecular formula is C26H30FN3O3. The summed E-state index contributed by atoms with van der Waals surface area (Å²) in [5, 5.41) is 2.90. The highest BCUT2D eigenvalue weighted by atomic mass is 19.1. The summed E-state index contributed by atoms with van der Waals surface area (Å²) in [6, 6.07) is 16.7. The van der Waals surface area contributed by atoms with Crippen molar-refractivity contribution in [2.24, 2.45) is 0 Å². The number of aryl methyl sites for hydroxylation is 1. The molecule has 0 aliphatic rings. The Balaban J connectivity index is 1.74. The van der Waals surface area contributed by atoms with Gasteiger partial charge >= 0.3 is 6.03 Å². The van der Waals surface area contributed by atoms with Crippen LogP contribution in [0.25, 0.3) is 0 Å². The van der Waals surface area contributed by atoms with Crippen LogP contribution in [0.4, 0.5) is 14.9 Å². The van der Waals surface area contributed by atoms with Gasteiger partial charge in [0.15, 0.2) is 0 Å². The van der Waals surface area contributed by atoms with Gasteiger partial charge in [0.05, 0.1) is 12.8 Å². The number of urea groups is 1. The van der Waals surface area contributed by atoms with Crippen LogP contribution in [0.15, 0.2) is 71.3 Å². The molecule has 3 amide bonds. The minimum Gasteiger partial charge on any atom is -0.467 e. The number of nitrogens with zero attached hydrogens (tertiary/aromatic N) is 2. The summed E-state index contributed by atoms with van der Waals surface area (Å²) in [6.07, 6.45) is 2.41. The van der Waals surface area contributed by atoms with E-state index in [0.717, 1.165) is 17.5 Å². The van der Waals surface area contributed by atoms with E-state index in [1.807, 2.05) is 38.1 Å². The number of furan rings is 1. The lowest BCUT2D eigenvalue weighted by atomic mass is 10.1. The van der Waals surface area contributed by atoms with Crippen molar-refractivity contribution in [2.75, 3.05) is 11.9 Å². The highest BCUT2D eigenvalue weighted by Crippen LogP contribution is 2.15. The molecule has 174 valence electrons. The fourth-order valence-electron chi connectivity index (χ4n) is 3.43. The maximum atomic E-state index is 13.3. The maximum absolute atomic E-state index is 13.3. The number of halogens is 1. The van der Waals surface area contributed by atoms with Crippen molar-refractivity contribution in [1.82, 2.24) is 9.80 Å². The number of nitrogens with one attached hydrogen (secondary N) is 1. The Hall–Kier alpha value is -3.61. The van der Waals surface area contributed by atoms with Crippen LogP contribution in [0.5, 0.6) is 0 Å². The summed E-state index contributed by atoms with van der Waals surface area (Å²) >= 11 is 0. The Bertz CT molecular complexity index is 1050. The van der Waals surface area contributed by atoms with E-state index in [4.69, 9.17) is 4.42 Å². The minimum absolute atomic E-state index is 0.0983. The van der Waals surface area contributed by atoms with E-state index in [1.165, 1.54) is 17.0 Å². The van der Waals surface area contributed by atoms with Crippen molar-refractivity contribution < 1.29 is 18.4 Å². The molecule has 0 bridgehead atoms. The Morgan fingerprint density at radius 1 is 1.00 bits per heavy atom. The number of anilines is 1. The van der Waals surface area contributed by atoms with Gasteiger partial charge in [-0.25, -0.2) is 9.18 Å². The molecule has 1 aromatic heterocycles. The van der Waals surface area contributed by atoms with Gasteiger partial charge in [0.2, 0.25) is 5.91 Å². The first kappa shape index (κ1) is 24.0. The number of benzene rings is 2. The van der Waals surface area contributed by atoms with Crippen LogP contribution < -0.4 is 5.32 Å². The molecule has 0 aliphatic carbocycles. The molecule has 7 heteroatoms. The van der Waals surface area contributed by atoms with Crippen molar-refractivity contribution >= 4 is 17.6 Å². The molecule has 0 saturated heterocycles. The molecule has 1 heterocycles. The number of rotatable bonds is 9. The van der Waals surface area contributed by atoms with E-state index in [-0.39, 0.29) is 43.4 Å². The lowest BCUT2D eigenvalue weighted by Gasteiger charge is -2.30. The van der Waals surface area contributed by atoms with Gasteiger partial charge in [0.25, 0.3) is 0 Å². The summed E-state index contributed by atoms with van der Waals surface area (Å²) in [5.74, 6) is 0.0572. The molecule has 0 aliphatic heterocycles. The molecule has 1 N–H and O–H groups in total. The van der Waals surface area contributed by atoms with Gasteiger partial charge in [-0.1, -0.05) is 31.2 Å². The first-order chi connectivity index (χ1) is 15.9. The van der Waals surface area contributed by atoms with Gasteiger partial charge in [0.1, 0.15) is 18.1 Å². The van der Waals surface area contributed by atoms with E-state index >= 15 is 0 Å². The first-order valence-electron chi connectivity index (χ1n) is 11.1. The predicted molar refractivity (Wildman–Crippen MR) is 126 cm³/mol. The Morgan fingerprint density at radius 2 is 1.76 bits per heavy atom. The molecule has 6 nitrogen and oxygen atoms in total. The number of carbonyl (C=O) groups excluding carboxylic acids is 2. The van der Waals surface area contributed by atoms with E-state index in [1.54, 1.807) is 35.4 Å². The first-order valence-corrected chi connectivity index (χ1v) is 11.1. The number of amides is 3. The second-order valence-corrected chi connectivity index (χ2v) is 8.16. The van der Waals surface area contributed by atoms with Crippen molar-refractivity contribution in [3.05, 3.63) is 89.6 Å². The lowest BCUT2D eigenvalue weighted by Crippen LogP contribution is -2.47. The second kappa shape index (κ2) is 11.3. The Morgan fingerprint density at radius 3 is 2.39 bits per heavy atom. The van der Waals surface area contributed by atoms with Gasteiger partial charge < -0.3 is 19.5 Å². The third-order valence-electron chi connectivity index (χ3n) is 5.34. The van der Waals surface area contributed by atoms with Crippen LogP contribution in [-0.2, 0) is 24.3 Å². The molecule has 0 radical (unpaired) electrons. The molecule has 0 spiro atoms. The summed E-state index contributed by atoms with van der Waals surface area (Å²) in [4.78, 5) is 29.4. The lowest BCUT2D eigenvalue weighted by molar-refractivity contribution is -0.133. The maximum Gasteiger partial charge on any atom is 0.322 e. The average Bonchev–Trinajstić information content (AvgIpc) is 3.31. The highest BCUT2D eigenvalue weighted by molar-refractivity contribution is 5.92. The molecule has 0 fully saturated rings. The smallest absolute Gasteiger partial charge is 0.322 e. The zero-order valence-electron chi connectivity index (χ0n) is 19.3. The topological polar surface area (TPSA) is 65.8 Å². The second-order valence-electron chi connectivity index (χ2n) is 8.16. The molecule has 0 unspecified atom stereocenters. The Labute approximate surface area is 194 Å². The minimum atomic E-state index is -0.341. The van der Waals surface area contributed by atoms with Crippen LogP contribution in [0.2, 0.25) is 0 Å². The molecule has 0 atom stereocenters. The fourth-order valence-corrected chi connectivity index (χ4v) is 3.43. The van der Waals surface area contributed by atoms with Crippen molar-refractivity contribution in [2.45, 2.75) is 46.3 Å². The van der Waals surface area contributed by atoms with E-state index in [0.29, 0.717) is 11.4 Å². The summed E-state index contributed by atoms with van der Waals surface area (Å²) in [7, 11) is 0. The quantitative estimate of drug-likeness (QED) is 0.470. The number of hydrogen-bond acceptors (Lipinski definition) is 3. The van der Waals surface area contributed by atoms with Crippen LogP contribution in [0.3, 0.4) is 0 Å². The highest BCUT2D eigenvalue weighted by Gasteiger charge is 2.24. The zero-order chi connectivity index (χ0) is 23.8. The molecule has 2 aromatic carbocycles. The van der Waals surface area contributed by atoms with Crippen LogP contribution in [-0.4, -0.2) is 34.3 Å². The van der Waals surface area contributed by atoms with Crippen LogP contribution in [0, 0.1) is 5.82 Å². The number of carbonyl (C=O) groups is 2. The summed E-state index contributed by atoms with van der Waals surface area (Å²) < 4.78 is 18.7. The van der Waals surface area contributed by atoms with E-state index < -0.39 is 0 Å². The largest absolute Gasteiger partial charge is 0.467 e. The van der Waals surface area contributed by atoms with E-state index in [2.05, 4.69) is 12.2 Å². The monoisotopic (exact) mass is 451 g/mol. The standard InChI is InChI=1S/C26H30FN3O3/c1-4-20-7-5-8-23(15-20)28-26(32)30(19(2)3)18-25(31)29(17-24-9-6-14-33-24)16-21-10-12-22(27)13-11-21/h5-15,19H,4,16-18H2,1-3H3,(H,28,32). The van der Waals surface area contributed by atoms with Gasteiger partial charge in [-0.15, -0.1) is 0 Å². The van der Waals surface area contributed by atoms with E-state index in [9.17, 15) is 14.0 Å². The predicted octanol–water partition coefficient (Wildman–Crippen LogP) is 5.45. The van der Waals surface area contributed by atoms with Gasteiger partial charge in [-0.2, -0.15) is 0 Å². The molecule has 3 aromatic rings. The fraction of sp³-hybridized carbons (Fsp3) is 0.308. The molecule has 3 rings (SSSR count). The van der Waals surface area contributed by atoms with Crippen molar-refractivity contribution in [3.63, 3.8) is 0 Å². The summed E-state index contributed by atoms with van der Waals surface area (Å²) in [6.45, 7) is 6.20. The van der Waals surface area contributed by atoms with Crippen molar-refractivity contribution in [1.29, 1.82) is 0 Å². The number of hydrogen-bond donors (Lipinski definition) is 1. The van der Waals surface area contributed by atoms with Crippen LogP contribution in [0.1, 0.15) is 37.7 Å². The molecular weight excluding hydrogens is 421 g/mol. The van der Waals surface area contributed by atoms with Gasteiger partial charge in [-0.3, -0.25) is 4.79 Å². The summed E-state index contributed by atoms with van der Waals surface area (Å²) in [5.41, 5.74) is 2.59. The SMILES string of the molecule is CCc1cccc(NC(=O)N(CC(=O)N(Cc2ccc(F)cc2)Cc2ccco2)C(C)C)c1. The third kappa shape index (κ3) is 6.94. The Kier molecular flexibility index (Phi) is 8.24. The van der Waals surface area contributed by atoms with Crippen LogP contribution >= 0.6 is 0 Å². The van der Waals surface area contributed by atoms with Gasteiger partial charge in [0, 0.05) is 18.3 Å². The van der Waals surface area contributed by atoms with Crippen molar-refractivity contribution in [3.8, 4) is 0 Å². The van der Waals surface area contributed by atoms with Gasteiger partial charge in [-0.05, 0) is 67.8 Å². The zero-order valence-corrected chi connectivity index (χ0v) is 19.3. The third-order valence-corrected chi connectivity index (χ3v) is 5.34. The average molecular weight is 452 g/mol. The normalized spacial score (nSPS) is 10.8.